The SMILES string of the molecule is CC(C)S(=O)(=O)NC(=O)c1ccc2c(C3CCCCC3)c3n(c2c1)C1(C(=O)N2C4CCC2CN(C)C4)CC1c1ccccc1-3. The first-order chi connectivity index (χ1) is 21.1. The van der Waals surface area contributed by atoms with Gasteiger partial charge in [-0.1, -0.05) is 49.6 Å². The zero-order chi connectivity index (χ0) is 30.5. The highest BCUT2D eigenvalue weighted by atomic mass is 32.2. The number of aromatic nitrogens is 1. The molecule has 2 saturated carbocycles. The van der Waals surface area contributed by atoms with E-state index >= 15 is 4.79 Å². The van der Waals surface area contributed by atoms with Crippen LogP contribution in [0.3, 0.4) is 0 Å². The maximum absolute atomic E-state index is 15.1. The van der Waals surface area contributed by atoms with Gasteiger partial charge in [-0.3, -0.25) is 9.59 Å². The Balaban J connectivity index is 1.35. The summed E-state index contributed by atoms with van der Waals surface area (Å²) in [6, 6.07) is 14.7. The predicted molar refractivity (Wildman–Crippen MR) is 171 cm³/mol. The van der Waals surface area contributed by atoms with Gasteiger partial charge in [-0.05, 0) is 82.2 Å². The summed E-state index contributed by atoms with van der Waals surface area (Å²) in [4.78, 5) is 33.1. The van der Waals surface area contributed by atoms with Crippen molar-refractivity contribution in [3.05, 3.63) is 59.2 Å². The van der Waals surface area contributed by atoms with Crippen molar-refractivity contribution in [2.75, 3.05) is 20.1 Å². The molecule has 232 valence electrons. The Bertz CT molecular complexity index is 1790. The minimum absolute atomic E-state index is 0.0753. The van der Waals surface area contributed by atoms with Crippen LogP contribution in [0.5, 0.6) is 0 Å². The third-order valence-electron chi connectivity index (χ3n) is 11.3. The first-order valence-corrected chi connectivity index (χ1v) is 18.0. The summed E-state index contributed by atoms with van der Waals surface area (Å²) in [6.07, 6.45) is 8.65. The van der Waals surface area contributed by atoms with E-state index in [1.165, 1.54) is 36.0 Å². The Hall–Kier alpha value is -3.17. The molecule has 2 saturated heterocycles. The topological polar surface area (TPSA) is 91.7 Å². The number of hydrogen-bond acceptors (Lipinski definition) is 5. The lowest BCUT2D eigenvalue weighted by Gasteiger charge is -2.43. The fourth-order valence-electron chi connectivity index (χ4n) is 9.13. The number of rotatable bonds is 5. The lowest BCUT2D eigenvalue weighted by atomic mass is 9.80. The summed E-state index contributed by atoms with van der Waals surface area (Å²) < 4.78 is 29.9. The zero-order valence-corrected chi connectivity index (χ0v) is 26.7. The molecule has 0 radical (unpaired) electrons. The van der Waals surface area contributed by atoms with Crippen LogP contribution in [0.2, 0.25) is 0 Å². The largest absolute Gasteiger partial charge is 0.332 e. The van der Waals surface area contributed by atoms with Gasteiger partial charge in [0.15, 0.2) is 0 Å². The van der Waals surface area contributed by atoms with E-state index in [1.807, 2.05) is 12.1 Å². The molecular weight excluding hydrogens is 572 g/mol. The summed E-state index contributed by atoms with van der Waals surface area (Å²) in [5.41, 5.74) is 5.34. The molecule has 2 aromatic carbocycles. The van der Waals surface area contributed by atoms with Crippen molar-refractivity contribution >= 4 is 32.7 Å². The second-order valence-corrected chi connectivity index (χ2v) is 16.5. The lowest BCUT2D eigenvalue weighted by Crippen LogP contribution is -2.58. The van der Waals surface area contributed by atoms with Gasteiger partial charge in [0.1, 0.15) is 5.54 Å². The van der Waals surface area contributed by atoms with Crippen LogP contribution in [-0.2, 0) is 20.4 Å². The van der Waals surface area contributed by atoms with Gasteiger partial charge in [0, 0.05) is 47.6 Å². The van der Waals surface area contributed by atoms with Crippen molar-refractivity contribution in [3.63, 3.8) is 0 Å². The van der Waals surface area contributed by atoms with Crippen LogP contribution in [0.15, 0.2) is 42.5 Å². The van der Waals surface area contributed by atoms with E-state index in [-0.39, 0.29) is 23.9 Å². The maximum Gasteiger partial charge on any atom is 0.264 e. The quantitative estimate of drug-likeness (QED) is 0.420. The molecule has 8 nitrogen and oxygen atoms in total. The molecule has 3 aromatic rings. The molecule has 44 heavy (non-hydrogen) atoms. The first-order valence-electron chi connectivity index (χ1n) is 16.5. The van der Waals surface area contributed by atoms with Gasteiger partial charge in [-0.25, -0.2) is 13.1 Å². The van der Waals surface area contributed by atoms with Crippen LogP contribution in [0.25, 0.3) is 22.2 Å². The fraction of sp³-hybridized carbons (Fsp3) is 0.543. The monoisotopic (exact) mass is 614 g/mol. The van der Waals surface area contributed by atoms with Gasteiger partial charge in [0.05, 0.1) is 16.5 Å². The Morgan fingerprint density at radius 3 is 2.36 bits per heavy atom. The number of nitrogens with zero attached hydrogens (tertiary/aromatic N) is 3. The number of likely N-dealkylation sites (tertiary alicyclic amines) is 1. The van der Waals surface area contributed by atoms with Crippen LogP contribution < -0.4 is 4.72 Å². The van der Waals surface area contributed by atoms with Crippen LogP contribution in [0, 0.1) is 0 Å². The van der Waals surface area contributed by atoms with Crippen molar-refractivity contribution in [2.24, 2.45) is 0 Å². The third-order valence-corrected chi connectivity index (χ3v) is 13.0. The van der Waals surface area contributed by atoms with E-state index in [1.54, 1.807) is 19.9 Å². The molecule has 9 heteroatoms. The highest BCUT2D eigenvalue weighted by Crippen LogP contribution is 2.67. The number of benzene rings is 2. The van der Waals surface area contributed by atoms with Gasteiger partial charge in [-0.15, -0.1) is 0 Å². The molecule has 3 aliphatic heterocycles. The van der Waals surface area contributed by atoms with E-state index in [0.29, 0.717) is 11.5 Å². The third kappa shape index (κ3) is 4.00. The molecular formula is C35H42N4O4S. The number of fused-ring (bicyclic) bond motifs is 10. The highest BCUT2D eigenvalue weighted by Gasteiger charge is 2.68. The molecule has 8 rings (SSSR count). The number of sulfonamides is 1. The summed E-state index contributed by atoms with van der Waals surface area (Å²) in [7, 11) is -1.64. The zero-order valence-electron chi connectivity index (χ0n) is 25.9. The Morgan fingerprint density at radius 2 is 1.66 bits per heavy atom. The minimum atomic E-state index is -3.79. The molecule has 0 spiro atoms. The van der Waals surface area contributed by atoms with Gasteiger partial charge in [-0.2, -0.15) is 0 Å². The van der Waals surface area contributed by atoms with Crippen LogP contribution >= 0.6 is 0 Å². The molecule has 1 N–H and O–H groups in total. The lowest BCUT2D eigenvalue weighted by molar-refractivity contribution is -0.142. The Kier molecular flexibility index (Phi) is 6.38. The fourth-order valence-corrected chi connectivity index (χ4v) is 9.74. The number of piperazine rings is 1. The smallest absolute Gasteiger partial charge is 0.264 e. The van der Waals surface area contributed by atoms with Gasteiger partial charge >= 0.3 is 0 Å². The van der Waals surface area contributed by atoms with Crippen molar-refractivity contribution in [3.8, 4) is 11.3 Å². The molecule has 4 heterocycles. The van der Waals surface area contributed by atoms with Crippen LogP contribution in [-0.4, -0.2) is 72.1 Å². The van der Waals surface area contributed by atoms with Crippen molar-refractivity contribution in [1.29, 1.82) is 0 Å². The maximum atomic E-state index is 15.1. The van der Waals surface area contributed by atoms with Gasteiger partial charge < -0.3 is 14.4 Å². The molecule has 4 unspecified atom stereocenters. The van der Waals surface area contributed by atoms with Crippen LogP contribution in [0.1, 0.15) is 98.5 Å². The van der Waals surface area contributed by atoms with Crippen molar-refractivity contribution in [1.82, 2.24) is 19.1 Å². The number of nitrogens with one attached hydrogen (secondary N) is 1. The number of amides is 2. The van der Waals surface area contributed by atoms with E-state index in [9.17, 15) is 13.2 Å². The second-order valence-electron chi connectivity index (χ2n) is 14.3. The average molecular weight is 615 g/mol. The number of carbonyl (C=O) groups excluding carboxylic acids is 2. The molecule has 1 aromatic heterocycles. The molecule has 2 aliphatic carbocycles. The molecule has 4 atom stereocenters. The highest BCUT2D eigenvalue weighted by molar-refractivity contribution is 7.90. The predicted octanol–water partition coefficient (Wildman–Crippen LogP) is 5.33. The van der Waals surface area contributed by atoms with E-state index < -0.39 is 26.7 Å². The second kappa shape index (κ2) is 9.91. The minimum Gasteiger partial charge on any atom is -0.332 e. The first kappa shape index (κ1) is 28.3. The van der Waals surface area contributed by atoms with E-state index in [2.05, 4.69) is 50.4 Å². The summed E-state index contributed by atoms with van der Waals surface area (Å²) in [5.74, 6) is 0.0461. The molecule has 5 aliphatic rings. The number of likely N-dealkylation sites (N-methyl/N-ethyl adjacent to an activating group) is 1. The number of hydrogen-bond donors (Lipinski definition) is 1. The number of carbonyl (C=O) groups is 2. The summed E-state index contributed by atoms with van der Waals surface area (Å²) >= 11 is 0. The van der Waals surface area contributed by atoms with E-state index in [0.717, 1.165) is 61.8 Å². The standard InChI is InChI=1S/C35H42N4O4S/c1-21(2)44(42,43)36-33(40)23-13-16-28-30(17-23)39-32(31(28)22-9-5-4-6-10-22)27-12-8-7-11-26(27)29-18-35(29,39)34(41)38-24-14-15-25(38)20-37(3)19-24/h7-8,11-13,16-17,21-22,24-25,29H,4-6,9-10,14-15,18-20H2,1-3H3,(H,36,40). The summed E-state index contributed by atoms with van der Waals surface area (Å²) in [6.45, 7) is 4.93. The molecule has 2 amide bonds. The van der Waals surface area contributed by atoms with Crippen molar-refractivity contribution < 1.29 is 18.0 Å². The Labute approximate surface area is 259 Å². The van der Waals surface area contributed by atoms with Crippen LogP contribution in [0.4, 0.5) is 0 Å². The van der Waals surface area contributed by atoms with Crippen molar-refractivity contribution in [2.45, 2.75) is 99.9 Å². The molecule has 4 fully saturated rings. The molecule has 2 bridgehead atoms. The van der Waals surface area contributed by atoms with Gasteiger partial charge in [0.25, 0.3) is 5.91 Å². The average Bonchev–Trinajstić information content (AvgIpc) is 3.59. The Morgan fingerprint density at radius 1 is 0.955 bits per heavy atom. The normalized spacial score (nSPS) is 28.1. The van der Waals surface area contributed by atoms with E-state index in [4.69, 9.17) is 0 Å². The summed E-state index contributed by atoms with van der Waals surface area (Å²) in [5, 5.41) is 0.365. The van der Waals surface area contributed by atoms with Gasteiger partial charge in [0.2, 0.25) is 15.9 Å².